The quantitative estimate of drug-likeness (QED) is 0.873. The smallest absolute Gasteiger partial charge is 0.339 e. The molecule has 6 heteroatoms. The van der Waals surface area contributed by atoms with Crippen molar-refractivity contribution in [2.45, 2.75) is 25.9 Å². The molecule has 0 aromatic carbocycles. The monoisotopic (exact) mass is 319 g/mol. The molecule has 3 rings (SSSR count). The van der Waals surface area contributed by atoms with Gasteiger partial charge in [0.05, 0.1) is 10.9 Å². The van der Waals surface area contributed by atoms with E-state index in [1.807, 2.05) is 22.4 Å². The number of aryl methyl sites for hydroxylation is 1. The Labute approximate surface area is 132 Å². The average Bonchev–Trinajstić information content (AvgIpc) is 3.00. The molecule has 22 heavy (non-hydrogen) atoms. The second kappa shape index (κ2) is 6.36. The van der Waals surface area contributed by atoms with Gasteiger partial charge < -0.3 is 14.1 Å². The largest absolute Gasteiger partial charge is 0.490 e. The highest BCUT2D eigenvalue weighted by Crippen LogP contribution is 2.21. The summed E-state index contributed by atoms with van der Waals surface area (Å²) in [4.78, 5) is 26.2. The zero-order valence-electron chi connectivity index (χ0n) is 12.3. The molecule has 0 spiro atoms. The predicted molar refractivity (Wildman–Crippen MR) is 83.6 cm³/mol. The number of carbonyl (C=O) groups excluding carboxylic acids is 1. The molecule has 1 aliphatic rings. The minimum absolute atomic E-state index is 0.0218. The van der Waals surface area contributed by atoms with Crippen LogP contribution in [0.15, 0.2) is 38.9 Å². The Balaban J connectivity index is 1.57. The molecular formula is C16H17NO4S. The Kier molecular flexibility index (Phi) is 4.29. The number of amides is 1. The lowest BCUT2D eigenvalue weighted by Crippen LogP contribution is -2.41. The van der Waals surface area contributed by atoms with E-state index in [0.717, 1.165) is 17.7 Å². The number of rotatable bonds is 3. The van der Waals surface area contributed by atoms with Crippen molar-refractivity contribution in [2.75, 3.05) is 13.1 Å². The first-order chi connectivity index (χ1) is 10.6. The summed E-state index contributed by atoms with van der Waals surface area (Å²) in [6.07, 6.45) is 1.54. The molecule has 0 atom stereocenters. The summed E-state index contributed by atoms with van der Waals surface area (Å²) in [5, 5.41) is 1.91. The molecule has 0 saturated carbocycles. The van der Waals surface area contributed by atoms with Gasteiger partial charge in [-0.05, 0) is 18.4 Å². The van der Waals surface area contributed by atoms with E-state index in [4.69, 9.17) is 9.15 Å². The van der Waals surface area contributed by atoms with Gasteiger partial charge in [0.1, 0.15) is 17.6 Å². The van der Waals surface area contributed by atoms with Crippen LogP contribution in [0.5, 0.6) is 5.75 Å². The maximum atomic E-state index is 12.3. The highest BCUT2D eigenvalue weighted by molar-refractivity contribution is 7.12. The van der Waals surface area contributed by atoms with Crippen LogP contribution in [-0.4, -0.2) is 30.0 Å². The fourth-order valence-electron chi connectivity index (χ4n) is 2.57. The molecule has 116 valence electrons. The van der Waals surface area contributed by atoms with Gasteiger partial charge in [-0.25, -0.2) is 4.79 Å². The van der Waals surface area contributed by atoms with E-state index in [-0.39, 0.29) is 12.0 Å². The third-order valence-corrected chi connectivity index (χ3v) is 4.49. The fourth-order valence-corrected chi connectivity index (χ4v) is 3.26. The second-order valence-corrected chi connectivity index (χ2v) is 6.26. The van der Waals surface area contributed by atoms with Crippen LogP contribution >= 0.6 is 11.3 Å². The highest BCUT2D eigenvalue weighted by Gasteiger charge is 2.25. The van der Waals surface area contributed by atoms with Gasteiger partial charge in [-0.1, -0.05) is 6.07 Å². The third-order valence-electron chi connectivity index (χ3n) is 3.63. The Morgan fingerprint density at radius 3 is 2.77 bits per heavy atom. The van der Waals surface area contributed by atoms with Crippen LogP contribution < -0.4 is 10.4 Å². The fraction of sp³-hybridized carbons (Fsp3) is 0.375. The van der Waals surface area contributed by atoms with Crippen molar-refractivity contribution in [2.24, 2.45) is 0 Å². The van der Waals surface area contributed by atoms with E-state index in [0.29, 0.717) is 24.6 Å². The summed E-state index contributed by atoms with van der Waals surface area (Å²) < 4.78 is 10.7. The summed E-state index contributed by atoms with van der Waals surface area (Å²) in [6.45, 7) is 3.06. The van der Waals surface area contributed by atoms with E-state index in [1.165, 1.54) is 17.4 Å². The van der Waals surface area contributed by atoms with Gasteiger partial charge in [-0.2, -0.15) is 0 Å². The third kappa shape index (κ3) is 3.39. The van der Waals surface area contributed by atoms with E-state index in [9.17, 15) is 9.59 Å². The van der Waals surface area contributed by atoms with E-state index >= 15 is 0 Å². The summed E-state index contributed by atoms with van der Waals surface area (Å²) >= 11 is 1.46. The van der Waals surface area contributed by atoms with Crippen LogP contribution in [0, 0.1) is 6.92 Å². The number of piperidine rings is 1. The van der Waals surface area contributed by atoms with E-state index in [2.05, 4.69) is 0 Å². The minimum atomic E-state index is -0.402. The van der Waals surface area contributed by atoms with Crippen molar-refractivity contribution in [1.29, 1.82) is 0 Å². The van der Waals surface area contributed by atoms with Crippen LogP contribution in [-0.2, 0) is 0 Å². The predicted octanol–water partition coefficient (Wildman–Crippen LogP) is 2.69. The van der Waals surface area contributed by atoms with Crippen molar-refractivity contribution in [3.63, 3.8) is 0 Å². The normalized spacial score (nSPS) is 15.8. The first kappa shape index (κ1) is 14.8. The van der Waals surface area contributed by atoms with Crippen LogP contribution in [0.2, 0.25) is 0 Å². The number of thiophene rings is 1. The second-order valence-electron chi connectivity index (χ2n) is 5.31. The first-order valence-corrected chi connectivity index (χ1v) is 8.11. The number of ether oxygens (including phenoxy) is 1. The number of nitrogens with zero attached hydrogens (tertiary/aromatic N) is 1. The minimum Gasteiger partial charge on any atom is -0.490 e. The number of likely N-dealkylation sites (tertiary alicyclic amines) is 1. The molecule has 1 aliphatic heterocycles. The summed E-state index contributed by atoms with van der Waals surface area (Å²) in [7, 11) is 0. The lowest BCUT2D eigenvalue weighted by atomic mass is 10.1. The van der Waals surface area contributed by atoms with Gasteiger partial charge in [0.15, 0.2) is 0 Å². The van der Waals surface area contributed by atoms with Gasteiger partial charge in [-0.15, -0.1) is 11.3 Å². The van der Waals surface area contributed by atoms with Crippen molar-refractivity contribution in [3.8, 4) is 5.75 Å². The molecule has 0 bridgehead atoms. The molecular weight excluding hydrogens is 302 g/mol. The van der Waals surface area contributed by atoms with Crippen molar-refractivity contribution in [3.05, 3.63) is 50.7 Å². The van der Waals surface area contributed by atoms with Gasteiger partial charge >= 0.3 is 5.63 Å². The van der Waals surface area contributed by atoms with Crippen molar-refractivity contribution >= 4 is 17.2 Å². The molecule has 0 N–H and O–H groups in total. The molecule has 3 heterocycles. The maximum absolute atomic E-state index is 12.3. The van der Waals surface area contributed by atoms with Crippen molar-refractivity contribution in [1.82, 2.24) is 4.90 Å². The number of hydrogen-bond acceptors (Lipinski definition) is 5. The molecule has 1 saturated heterocycles. The van der Waals surface area contributed by atoms with Crippen LogP contribution in [0.3, 0.4) is 0 Å². The molecule has 0 unspecified atom stereocenters. The highest BCUT2D eigenvalue weighted by atomic mass is 32.1. The molecule has 2 aromatic heterocycles. The molecule has 2 aromatic rings. The van der Waals surface area contributed by atoms with Crippen LogP contribution in [0.25, 0.3) is 0 Å². The summed E-state index contributed by atoms with van der Waals surface area (Å²) in [5.74, 6) is 1.16. The zero-order valence-corrected chi connectivity index (χ0v) is 13.1. The summed E-state index contributed by atoms with van der Waals surface area (Å²) in [6, 6.07) is 6.80. The molecule has 1 fully saturated rings. The molecule has 5 nitrogen and oxygen atoms in total. The standard InChI is InChI=1S/C16H17NO4S/c1-11-9-13(10-15(18)20-11)21-12-4-6-17(7-5-12)16(19)14-3-2-8-22-14/h2-3,8-10,12H,4-7H2,1H3. The molecule has 0 aliphatic carbocycles. The van der Waals surface area contributed by atoms with Gasteiger partial charge in [-0.3, -0.25) is 4.79 Å². The Morgan fingerprint density at radius 1 is 1.36 bits per heavy atom. The van der Waals surface area contributed by atoms with Crippen LogP contribution in [0.1, 0.15) is 28.3 Å². The Hall–Kier alpha value is -2.08. The summed E-state index contributed by atoms with van der Waals surface area (Å²) in [5.41, 5.74) is -0.402. The lowest BCUT2D eigenvalue weighted by molar-refractivity contribution is 0.0599. The van der Waals surface area contributed by atoms with Crippen LogP contribution in [0.4, 0.5) is 0 Å². The van der Waals surface area contributed by atoms with Crippen molar-refractivity contribution < 1.29 is 13.9 Å². The zero-order chi connectivity index (χ0) is 15.5. The Bertz CT molecular complexity index is 699. The van der Waals surface area contributed by atoms with Gasteiger partial charge in [0, 0.05) is 32.0 Å². The lowest BCUT2D eigenvalue weighted by Gasteiger charge is -2.31. The SMILES string of the molecule is Cc1cc(OC2CCN(C(=O)c3cccs3)CC2)cc(=O)o1. The van der Waals surface area contributed by atoms with E-state index in [1.54, 1.807) is 13.0 Å². The Morgan fingerprint density at radius 2 is 2.14 bits per heavy atom. The van der Waals surface area contributed by atoms with Gasteiger partial charge in [0.2, 0.25) is 0 Å². The topological polar surface area (TPSA) is 59.8 Å². The first-order valence-electron chi connectivity index (χ1n) is 7.23. The number of carbonyl (C=O) groups is 1. The average molecular weight is 319 g/mol. The van der Waals surface area contributed by atoms with E-state index < -0.39 is 5.63 Å². The number of hydrogen-bond donors (Lipinski definition) is 0. The maximum Gasteiger partial charge on any atom is 0.339 e. The molecule has 1 amide bonds. The molecule has 0 radical (unpaired) electrons. The van der Waals surface area contributed by atoms with Gasteiger partial charge in [0.25, 0.3) is 5.91 Å².